The minimum absolute atomic E-state index is 0.483. The SMILES string of the molecule is CCC(C)(C)CN1CCNC2(CCCC2)C1. The van der Waals surface area contributed by atoms with Crippen molar-refractivity contribution in [2.75, 3.05) is 26.2 Å². The van der Waals surface area contributed by atoms with Crippen LogP contribution in [0.25, 0.3) is 0 Å². The van der Waals surface area contributed by atoms with Crippen molar-refractivity contribution >= 4 is 0 Å². The highest BCUT2D eigenvalue weighted by molar-refractivity contribution is 4.98. The predicted octanol–water partition coefficient (Wildman–Crippen LogP) is 2.64. The van der Waals surface area contributed by atoms with Crippen molar-refractivity contribution in [3.63, 3.8) is 0 Å². The predicted molar refractivity (Wildman–Crippen MR) is 69.7 cm³/mol. The molecule has 94 valence electrons. The maximum absolute atomic E-state index is 3.79. The van der Waals surface area contributed by atoms with Crippen molar-refractivity contribution in [2.24, 2.45) is 5.41 Å². The van der Waals surface area contributed by atoms with Gasteiger partial charge in [0.15, 0.2) is 0 Å². The maximum Gasteiger partial charge on any atom is 0.0309 e. The first-order chi connectivity index (χ1) is 7.55. The Morgan fingerprint density at radius 3 is 2.56 bits per heavy atom. The van der Waals surface area contributed by atoms with E-state index in [1.165, 1.54) is 58.3 Å². The van der Waals surface area contributed by atoms with Gasteiger partial charge < -0.3 is 5.32 Å². The summed E-state index contributed by atoms with van der Waals surface area (Å²) in [6.07, 6.45) is 6.94. The Morgan fingerprint density at radius 2 is 1.94 bits per heavy atom. The molecule has 2 rings (SSSR count). The van der Waals surface area contributed by atoms with Crippen LogP contribution in [-0.4, -0.2) is 36.6 Å². The van der Waals surface area contributed by atoms with Crippen molar-refractivity contribution in [1.82, 2.24) is 10.2 Å². The lowest BCUT2D eigenvalue weighted by atomic mass is 9.87. The Balaban J connectivity index is 1.91. The van der Waals surface area contributed by atoms with Crippen LogP contribution in [0.1, 0.15) is 52.9 Å². The molecule has 16 heavy (non-hydrogen) atoms. The zero-order chi connectivity index (χ0) is 11.6. The summed E-state index contributed by atoms with van der Waals surface area (Å²) in [5.41, 5.74) is 0.971. The minimum Gasteiger partial charge on any atom is -0.309 e. The number of nitrogens with zero attached hydrogens (tertiary/aromatic N) is 1. The standard InChI is InChI=1S/C14H28N2/c1-4-13(2,3)11-16-10-9-15-14(12-16)7-5-6-8-14/h15H,4-12H2,1-3H3. The van der Waals surface area contributed by atoms with Crippen molar-refractivity contribution in [2.45, 2.75) is 58.4 Å². The van der Waals surface area contributed by atoms with Crippen LogP contribution in [0.15, 0.2) is 0 Å². The van der Waals surface area contributed by atoms with E-state index in [4.69, 9.17) is 0 Å². The quantitative estimate of drug-likeness (QED) is 0.793. The topological polar surface area (TPSA) is 15.3 Å². The minimum atomic E-state index is 0.483. The molecule has 0 amide bonds. The first-order valence-corrected chi connectivity index (χ1v) is 7.03. The fourth-order valence-electron chi connectivity index (χ4n) is 3.28. The van der Waals surface area contributed by atoms with E-state index < -0.39 is 0 Å². The van der Waals surface area contributed by atoms with E-state index in [9.17, 15) is 0 Å². The van der Waals surface area contributed by atoms with Crippen LogP contribution in [-0.2, 0) is 0 Å². The lowest BCUT2D eigenvalue weighted by molar-refractivity contribution is 0.0935. The van der Waals surface area contributed by atoms with Crippen molar-refractivity contribution in [3.05, 3.63) is 0 Å². The Morgan fingerprint density at radius 1 is 1.25 bits per heavy atom. The van der Waals surface area contributed by atoms with Gasteiger partial charge in [-0.25, -0.2) is 0 Å². The fourth-order valence-corrected chi connectivity index (χ4v) is 3.28. The van der Waals surface area contributed by atoms with E-state index in [0.29, 0.717) is 11.0 Å². The molecule has 0 unspecified atom stereocenters. The average Bonchev–Trinajstić information content (AvgIpc) is 2.66. The van der Waals surface area contributed by atoms with Gasteiger partial charge in [0.2, 0.25) is 0 Å². The van der Waals surface area contributed by atoms with Gasteiger partial charge in [-0.1, -0.05) is 33.6 Å². The number of hydrogen-bond acceptors (Lipinski definition) is 2. The molecule has 1 aliphatic carbocycles. The second kappa shape index (κ2) is 4.66. The Labute approximate surface area is 101 Å². The van der Waals surface area contributed by atoms with E-state index in [2.05, 4.69) is 31.0 Å². The van der Waals surface area contributed by atoms with Crippen LogP contribution in [0, 0.1) is 5.41 Å². The second-order valence-electron chi connectivity index (χ2n) is 6.64. The zero-order valence-corrected chi connectivity index (χ0v) is 11.3. The van der Waals surface area contributed by atoms with Gasteiger partial charge in [-0.3, -0.25) is 4.90 Å². The Kier molecular flexibility index (Phi) is 3.60. The van der Waals surface area contributed by atoms with E-state index in [1.807, 2.05) is 0 Å². The molecule has 1 N–H and O–H groups in total. The molecule has 2 nitrogen and oxygen atoms in total. The van der Waals surface area contributed by atoms with Gasteiger partial charge in [-0.05, 0) is 24.7 Å². The lowest BCUT2D eigenvalue weighted by Gasteiger charge is -2.44. The van der Waals surface area contributed by atoms with Crippen LogP contribution >= 0.6 is 0 Å². The average molecular weight is 224 g/mol. The molecule has 1 heterocycles. The molecular weight excluding hydrogens is 196 g/mol. The number of hydrogen-bond donors (Lipinski definition) is 1. The van der Waals surface area contributed by atoms with E-state index in [1.54, 1.807) is 0 Å². The van der Waals surface area contributed by atoms with Gasteiger partial charge in [-0.15, -0.1) is 0 Å². The first kappa shape index (κ1) is 12.4. The van der Waals surface area contributed by atoms with Crippen LogP contribution in [0.3, 0.4) is 0 Å². The Bertz CT molecular complexity index is 229. The third kappa shape index (κ3) is 2.78. The molecule has 1 saturated carbocycles. The lowest BCUT2D eigenvalue weighted by Crippen LogP contribution is -2.60. The second-order valence-corrected chi connectivity index (χ2v) is 6.64. The smallest absolute Gasteiger partial charge is 0.0309 e. The molecule has 2 aliphatic rings. The summed E-state index contributed by atoms with van der Waals surface area (Å²) in [4.78, 5) is 2.70. The largest absolute Gasteiger partial charge is 0.309 e. The molecule has 0 bridgehead atoms. The van der Waals surface area contributed by atoms with Crippen LogP contribution in [0.2, 0.25) is 0 Å². The zero-order valence-electron chi connectivity index (χ0n) is 11.3. The van der Waals surface area contributed by atoms with Gasteiger partial charge in [0, 0.05) is 31.7 Å². The third-order valence-electron chi connectivity index (χ3n) is 4.62. The molecular formula is C14H28N2. The van der Waals surface area contributed by atoms with Crippen LogP contribution in [0.4, 0.5) is 0 Å². The summed E-state index contributed by atoms with van der Waals surface area (Å²) in [7, 11) is 0. The monoisotopic (exact) mass is 224 g/mol. The highest BCUT2D eigenvalue weighted by atomic mass is 15.2. The molecule has 2 fully saturated rings. The van der Waals surface area contributed by atoms with Crippen molar-refractivity contribution in [1.29, 1.82) is 0 Å². The highest BCUT2D eigenvalue weighted by Gasteiger charge is 2.38. The summed E-state index contributed by atoms with van der Waals surface area (Å²) < 4.78 is 0. The summed E-state index contributed by atoms with van der Waals surface area (Å²) in [6.45, 7) is 12.1. The molecule has 0 aromatic carbocycles. The number of nitrogens with one attached hydrogen (secondary N) is 1. The molecule has 2 heteroatoms. The van der Waals surface area contributed by atoms with E-state index in [-0.39, 0.29) is 0 Å². The van der Waals surface area contributed by atoms with Crippen molar-refractivity contribution < 1.29 is 0 Å². The first-order valence-electron chi connectivity index (χ1n) is 7.03. The highest BCUT2D eigenvalue weighted by Crippen LogP contribution is 2.33. The van der Waals surface area contributed by atoms with Gasteiger partial charge in [0.25, 0.3) is 0 Å². The fraction of sp³-hybridized carbons (Fsp3) is 1.00. The molecule has 1 saturated heterocycles. The van der Waals surface area contributed by atoms with Crippen molar-refractivity contribution in [3.8, 4) is 0 Å². The van der Waals surface area contributed by atoms with E-state index in [0.717, 1.165) is 0 Å². The van der Waals surface area contributed by atoms with Crippen LogP contribution < -0.4 is 5.32 Å². The van der Waals surface area contributed by atoms with Gasteiger partial charge in [-0.2, -0.15) is 0 Å². The summed E-state index contributed by atoms with van der Waals surface area (Å²) >= 11 is 0. The molecule has 0 atom stereocenters. The molecule has 1 aliphatic heterocycles. The number of piperazine rings is 1. The van der Waals surface area contributed by atoms with E-state index >= 15 is 0 Å². The normalized spacial score (nSPS) is 26.4. The van der Waals surface area contributed by atoms with Gasteiger partial charge in [0.05, 0.1) is 0 Å². The molecule has 0 aromatic heterocycles. The third-order valence-corrected chi connectivity index (χ3v) is 4.62. The summed E-state index contributed by atoms with van der Waals surface area (Å²) in [5, 5.41) is 3.79. The summed E-state index contributed by atoms with van der Waals surface area (Å²) in [6, 6.07) is 0. The van der Waals surface area contributed by atoms with Crippen LogP contribution in [0.5, 0.6) is 0 Å². The Hall–Kier alpha value is -0.0800. The maximum atomic E-state index is 3.79. The molecule has 1 spiro atoms. The van der Waals surface area contributed by atoms with Gasteiger partial charge >= 0.3 is 0 Å². The summed E-state index contributed by atoms with van der Waals surface area (Å²) in [5.74, 6) is 0. The molecule has 0 radical (unpaired) electrons. The number of rotatable bonds is 3. The molecule has 0 aromatic rings. The van der Waals surface area contributed by atoms with Gasteiger partial charge in [0.1, 0.15) is 0 Å².